The van der Waals surface area contributed by atoms with Crippen LogP contribution >= 0.6 is 0 Å². The molecule has 0 radical (unpaired) electrons. The Hall–Kier alpha value is -0.783. The van der Waals surface area contributed by atoms with E-state index < -0.39 is 39.8 Å². The van der Waals surface area contributed by atoms with Gasteiger partial charge in [0.05, 0.1) is 0 Å². The molecule has 0 aromatic heterocycles. The third-order valence-electron chi connectivity index (χ3n) is 2.56. The quantitative estimate of drug-likeness (QED) is 0.512. The lowest BCUT2D eigenvalue weighted by molar-refractivity contribution is -0.214. The monoisotopic (exact) mass is 325 g/mol. The Morgan fingerprint density at radius 1 is 1.10 bits per heavy atom. The normalized spacial score (nSPS) is 13.4. The zero-order chi connectivity index (χ0) is 16.0. The van der Waals surface area contributed by atoms with E-state index in [4.69, 9.17) is 13.3 Å². The topological polar surface area (TPSA) is 56.8 Å². The lowest BCUT2D eigenvalue weighted by Gasteiger charge is -2.26. The summed E-state index contributed by atoms with van der Waals surface area (Å²) in [5, 5.41) is 1.58. The summed E-state index contributed by atoms with van der Waals surface area (Å²) >= 11 is 0. The van der Waals surface area contributed by atoms with E-state index >= 15 is 0 Å². The summed E-state index contributed by atoms with van der Waals surface area (Å²) in [6, 6.07) is -0.112. The summed E-state index contributed by atoms with van der Waals surface area (Å²) in [6.07, 6.45) is 0. The van der Waals surface area contributed by atoms with Crippen LogP contribution in [-0.4, -0.2) is 61.1 Å². The molecule has 120 valence electrons. The summed E-state index contributed by atoms with van der Waals surface area (Å²) in [5.74, 6) is -12.5. The molecule has 0 heterocycles. The standard InChI is InChI=1S/C9H16F5NO4Si/c1-17-20(18-2,19-3)5-4-15-7(16)9(13,14)8(11,12)6-10/h4-6H2,1-3H3,(H,15,16). The van der Waals surface area contributed by atoms with Gasteiger partial charge in [-0.15, -0.1) is 0 Å². The van der Waals surface area contributed by atoms with Gasteiger partial charge in [0, 0.05) is 33.9 Å². The van der Waals surface area contributed by atoms with Crippen LogP contribution in [0.2, 0.25) is 6.04 Å². The fourth-order valence-corrected chi connectivity index (χ4v) is 2.79. The first-order valence-corrected chi connectivity index (χ1v) is 7.31. The van der Waals surface area contributed by atoms with E-state index in [-0.39, 0.29) is 6.04 Å². The van der Waals surface area contributed by atoms with Gasteiger partial charge in [-0.2, -0.15) is 17.6 Å². The van der Waals surface area contributed by atoms with Gasteiger partial charge in [0.25, 0.3) is 5.91 Å². The minimum absolute atomic E-state index is 0.112. The maximum absolute atomic E-state index is 13.0. The molecule has 0 aromatic carbocycles. The molecule has 0 saturated carbocycles. The number of rotatable bonds is 9. The second-order valence-corrected chi connectivity index (χ2v) is 6.80. The van der Waals surface area contributed by atoms with Crippen molar-refractivity contribution in [1.29, 1.82) is 0 Å². The van der Waals surface area contributed by atoms with Gasteiger partial charge in [0.15, 0.2) is 6.67 Å². The third-order valence-corrected chi connectivity index (χ3v) is 5.29. The van der Waals surface area contributed by atoms with E-state index in [1.54, 1.807) is 5.32 Å². The summed E-state index contributed by atoms with van der Waals surface area (Å²) in [4.78, 5) is 11.0. The first kappa shape index (κ1) is 19.2. The van der Waals surface area contributed by atoms with E-state index in [1.807, 2.05) is 0 Å². The Bertz CT molecular complexity index is 319. The third kappa shape index (κ3) is 4.10. The van der Waals surface area contributed by atoms with E-state index in [1.165, 1.54) is 21.3 Å². The van der Waals surface area contributed by atoms with Gasteiger partial charge in [0.2, 0.25) is 0 Å². The molecular formula is C9H16F5NO4Si. The lowest BCUT2D eigenvalue weighted by Crippen LogP contribution is -2.54. The summed E-state index contributed by atoms with van der Waals surface area (Å²) < 4.78 is 77.8. The van der Waals surface area contributed by atoms with Crippen LogP contribution < -0.4 is 5.32 Å². The fourth-order valence-electron chi connectivity index (χ4n) is 1.25. The molecule has 0 fully saturated rings. The first-order chi connectivity index (χ1) is 9.12. The summed E-state index contributed by atoms with van der Waals surface area (Å²) in [6.45, 7) is -3.08. The highest BCUT2D eigenvalue weighted by Crippen LogP contribution is 2.34. The van der Waals surface area contributed by atoms with Crippen LogP contribution in [0.15, 0.2) is 0 Å². The number of carbonyl (C=O) groups is 1. The molecule has 1 amide bonds. The Morgan fingerprint density at radius 3 is 1.90 bits per heavy atom. The summed E-state index contributed by atoms with van der Waals surface area (Å²) in [7, 11) is 0.652. The van der Waals surface area contributed by atoms with Gasteiger partial charge in [-0.3, -0.25) is 4.79 Å². The van der Waals surface area contributed by atoms with Crippen molar-refractivity contribution in [3.63, 3.8) is 0 Å². The SMILES string of the molecule is CO[Si](CCNC(=O)C(F)(F)C(F)(F)CF)(OC)OC. The predicted molar refractivity (Wildman–Crippen MR) is 60.5 cm³/mol. The van der Waals surface area contributed by atoms with E-state index in [0.717, 1.165) is 0 Å². The van der Waals surface area contributed by atoms with E-state index in [9.17, 15) is 26.7 Å². The maximum Gasteiger partial charge on any atom is 0.501 e. The lowest BCUT2D eigenvalue weighted by atomic mass is 10.2. The molecule has 0 aliphatic rings. The molecule has 0 saturated heterocycles. The summed E-state index contributed by atoms with van der Waals surface area (Å²) in [5.41, 5.74) is 0. The number of carbonyl (C=O) groups excluding carboxylic acids is 1. The van der Waals surface area contributed by atoms with Crippen LogP contribution in [0.25, 0.3) is 0 Å². The van der Waals surface area contributed by atoms with Crippen LogP contribution in [0.1, 0.15) is 0 Å². The predicted octanol–water partition coefficient (Wildman–Crippen LogP) is 1.22. The molecule has 0 unspecified atom stereocenters. The van der Waals surface area contributed by atoms with Crippen molar-refractivity contribution in [3.05, 3.63) is 0 Å². The second kappa shape index (κ2) is 7.29. The molecule has 0 aliphatic carbocycles. The molecular weight excluding hydrogens is 309 g/mol. The molecule has 0 aromatic rings. The van der Waals surface area contributed by atoms with Crippen molar-refractivity contribution >= 4 is 14.7 Å². The largest absolute Gasteiger partial charge is 0.501 e. The van der Waals surface area contributed by atoms with Crippen LogP contribution in [0.3, 0.4) is 0 Å². The van der Waals surface area contributed by atoms with Gasteiger partial charge in [-0.05, 0) is 0 Å². The zero-order valence-electron chi connectivity index (χ0n) is 11.1. The van der Waals surface area contributed by atoms with Gasteiger partial charge in [-0.25, -0.2) is 4.39 Å². The zero-order valence-corrected chi connectivity index (χ0v) is 12.1. The minimum atomic E-state index is -5.14. The number of halogens is 5. The van der Waals surface area contributed by atoms with Crippen LogP contribution in [0.5, 0.6) is 0 Å². The van der Waals surface area contributed by atoms with Gasteiger partial charge >= 0.3 is 20.6 Å². The Kier molecular flexibility index (Phi) is 7.00. The Balaban J connectivity index is 4.58. The van der Waals surface area contributed by atoms with Crippen molar-refractivity contribution in [2.24, 2.45) is 0 Å². The molecule has 11 heteroatoms. The van der Waals surface area contributed by atoms with Crippen LogP contribution in [0, 0.1) is 0 Å². The number of hydrogen-bond acceptors (Lipinski definition) is 4. The van der Waals surface area contributed by atoms with Gasteiger partial charge < -0.3 is 18.6 Å². The number of nitrogens with one attached hydrogen (secondary N) is 1. The average Bonchev–Trinajstić information content (AvgIpc) is 2.43. The molecule has 5 nitrogen and oxygen atoms in total. The maximum atomic E-state index is 13.0. The highest BCUT2D eigenvalue weighted by molar-refractivity contribution is 6.60. The highest BCUT2D eigenvalue weighted by atomic mass is 28.4. The highest BCUT2D eigenvalue weighted by Gasteiger charge is 2.62. The first-order valence-electron chi connectivity index (χ1n) is 5.38. The van der Waals surface area contributed by atoms with Crippen molar-refractivity contribution < 1.29 is 40.0 Å². The molecule has 0 aliphatic heterocycles. The molecule has 0 spiro atoms. The van der Waals surface area contributed by atoms with Gasteiger partial charge in [-0.1, -0.05) is 0 Å². The molecule has 0 rings (SSSR count). The molecule has 0 bridgehead atoms. The van der Waals surface area contributed by atoms with Crippen LogP contribution in [0.4, 0.5) is 22.0 Å². The van der Waals surface area contributed by atoms with E-state index in [0.29, 0.717) is 0 Å². The second-order valence-electron chi connectivity index (χ2n) is 3.71. The molecule has 1 N–H and O–H groups in total. The number of amides is 1. The van der Waals surface area contributed by atoms with Crippen molar-refractivity contribution in [1.82, 2.24) is 5.32 Å². The Morgan fingerprint density at radius 2 is 1.55 bits per heavy atom. The number of hydrogen-bond donors (Lipinski definition) is 1. The van der Waals surface area contributed by atoms with Crippen molar-refractivity contribution in [2.75, 3.05) is 34.5 Å². The molecule has 20 heavy (non-hydrogen) atoms. The average molecular weight is 325 g/mol. The van der Waals surface area contributed by atoms with Crippen LogP contribution in [-0.2, 0) is 18.1 Å². The van der Waals surface area contributed by atoms with Crippen molar-refractivity contribution in [3.8, 4) is 0 Å². The number of alkyl halides is 5. The van der Waals surface area contributed by atoms with Gasteiger partial charge in [0.1, 0.15) is 0 Å². The molecule has 0 atom stereocenters. The van der Waals surface area contributed by atoms with E-state index in [2.05, 4.69) is 0 Å². The minimum Gasteiger partial charge on any atom is -0.377 e. The Labute approximate surface area is 113 Å². The smallest absolute Gasteiger partial charge is 0.377 e. The van der Waals surface area contributed by atoms with Crippen molar-refractivity contribution in [2.45, 2.75) is 17.9 Å². The fraction of sp³-hybridized carbons (Fsp3) is 0.889.